The minimum absolute atomic E-state index is 0. The molecule has 0 saturated carbocycles. The monoisotopic (exact) mass is 473 g/mol. The van der Waals surface area contributed by atoms with Crippen LogP contribution in [0.2, 0.25) is 0 Å². The molecule has 1 aromatic rings. The summed E-state index contributed by atoms with van der Waals surface area (Å²) in [5.74, 6) is 0.834. The topological polar surface area (TPSA) is 45.7 Å². The Hall–Kier alpha value is -0.770. The minimum atomic E-state index is -2.84. The Morgan fingerprint density at radius 3 is 2.62 bits per heavy atom. The zero-order valence-electron chi connectivity index (χ0n) is 14.4. The van der Waals surface area contributed by atoms with Gasteiger partial charge < -0.3 is 15.4 Å². The molecule has 0 aliphatic carbocycles. The molecule has 2 N–H and O–H groups in total. The van der Waals surface area contributed by atoms with E-state index < -0.39 is 6.61 Å². The lowest BCUT2D eigenvalue weighted by molar-refractivity contribution is -0.0504. The van der Waals surface area contributed by atoms with E-state index in [0.29, 0.717) is 16.8 Å². The van der Waals surface area contributed by atoms with Crippen molar-refractivity contribution < 1.29 is 13.5 Å². The quantitative estimate of drug-likeness (QED) is 0.340. The average molecular weight is 473 g/mol. The molecule has 1 rings (SSSR count). The maximum Gasteiger partial charge on any atom is 0.387 e. The van der Waals surface area contributed by atoms with Crippen molar-refractivity contribution in [1.29, 1.82) is 0 Å². The summed E-state index contributed by atoms with van der Waals surface area (Å²) in [4.78, 5) is 4.46. The highest BCUT2D eigenvalue weighted by Gasteiger charge is 2.10. The van der Waals surface area contributed by atoms with Gasteiger partial charge in [-0.2, -0.15) is 20.5 Å². The van der Waals surface area contributed by atoms with Gasteiger partial charge in [-0.15, -0.1) is 24.0 Å². The molecule has 138 valence electrons. The van der Waals surface area contributed by atoms with E-state index >= 15 is 0 Å². The van der Waals surface area contributed by atoms with Crippen molar-refractivity contribution in [3.8, 4) is 5.75 Å². The Labute approximate surface area is 164 Å². The van der Waals surface area contributed by atoms with Gasteiger partial charge in [0.25, 0.3) is 0 Å². The number of hydrogen-bond donors (Lipinski definition) is 2. The fourth-order valence-electron chi connectivity index (χ4n) is 1.87. The molecular formula is C16H26F2IN3OS. The van der Waals surface area contributed by atoms with E-state index in [9.17, 15) is 8.78 Å². The molecule has 0 heterocycles. The number of aliphatic imine (C=N–C) groups is 1. The number of hydrogen-bond acceptors (Lipinski definition) is 3. The molecule has 24 heavy (non-hydrogen) atoms. The summed E-state index contributed by atoms with van der Waals surface area (Å²) >= 11 is 1.76. The van der Waals surface area contributed by atoms with Gasteiger partial charge in [0, 0.05) is 23.9 Å². The smallest absolute Gasteiger partial charge is 0.387 e. The maximum atomic E-state index is 12.5. The van der Waals surface area contributed by atoms with Crippen LogP contribution in [-0.2, 0) is 6.54 Å². The Morgan fingerprint density at radius 2 is 2.04 bits per heavy atom. The number of aryl methyl sites for hydroxylation is 1. The maximum absolute atomic E-state index is 12.5. The molecule has 4 nitrogen and oxygen atoms in total. The van der Waals surface area contributed by atoms with E-state index in [4.69, 9.17) is 0 Å². The Kier molecular flexibility index (Phi) is 12.2. The second kappa shape index (κ2) is 12.6. The second-order valence-corrected chi connectivity index (χ2v) is 6.39. The molecular weight excluding hydrogens is 447 g/mol. The summed E-state index contributed by atoms with van der Waals surface area (Å²) in [5, 5.41) is 6.85. The van der Waals surface area contributed by atoms with Crippen LogP contribution < -0.4 is 15.4 Å². The van der Waals surface area contributed by atoms with Crippen LogP contribution >= 0.6 is 35.7 Å². The number of rotatable bonds is 8. The Balaban J connectivity index is 0.00000529. The van der Waals surface area contributed by atoms with E-state index in [2.05, 4.69) is 33.5 Å². The van der Waals surface area contributed by atoms with Gasteiger partial charge in [0.1, 0.15) is 5.75 Å². The average Bonchev–Trinajstić information content (AvgIpc) is 2.51. The fraction of sp³-hybridized carbons (Fsp3) is 0.562. The molecule has 1 unspecified atom stereocenters. The lowest BCUT2D eigenvalue weighted by Crippen LogP contribution is -2.40. The highest BCUT2D eigenvalue weighted by atomic mass is 127. The van der Waals surface area contributed by atoms with Crippen molar-refractivity contribution in [2.45, 2.75) is 39.2 Å². The molecule has 0 aromatic heterocycles. The van der Waals surface area contributed by atoms with Crippen molar-refractivity contribution in [2.75, 3.05) is 19.3 Å². The third-order valence-electron chi connectivity index (χ3n) is 3.14. The molecule has 0 amide bonds. The summed E-state index contributed by atoms with van der Waals surface area (Å²) in [7, 11) is 0. The standard InChI is InChI=1S/C16H25F2N3OS.HI/c1-5-19-16(20-9-12(3)23-4)21-10-13-8-11(2)6-7-14(13)22-15(17)18;/h6-8,12,15H,5,9-10H2,1-4H3,(H2,19,20,21);1H. The third-order valence-corrected chi connectivity index (χ3v) is 4.11. The summed E-state index contributed by atoms with van der Waals surface area (Å²) in [5.41, 5.74) is 1.62. The lowest BCUT2D eigenvalue weighted by Gasteiger charge is -2.15. The lowest BCUT2D eigenvalue weighted by atomic mass is 10.1. The second-order valence-electron chi connectivity index (χ2n) is 5.11. The molecule has 1 aromatic carbocycles. The summed E-state index contributed by atoms with van der Waals surface area (Å²) in [6.07, 6.45) is 2.05. The van der Waals surface area contributed by atoms with Crippen molar-refractivity contribution in [2.24, 2.45) is 4.99 Å². The van der Waals surface area contributed by atoms with Gasteiger partial charge in [0.2, 0.25) is 0 Å². The number of thioether (sulfide) groups is 1. The number of ether oxygens (including phenoxy) is 1. The van der Waals surface area contributed by atoms with Crippen molar-refractivity contribution in [3.63, 3.8) is 0 Å². The highest BCUT2D eigenvalue weighted by Crippen LogP contribution is 2.22. The normalized spacial score (nSPS) is 12.5. The van der Waals surface area contributed by atoms with E-state index in [1.165, 1.54) is 0 Å². The SMILES string of the molecule is CCNC(=NCc1cc(C)ccc1OC(F)F)NCC(C)SC.I. The van der Waals surface area contributed by atoms with E-state index in [1.54, 1.807) is 23.9 Å². The van der Waals surface area contributed by atoms with Gasteiger partial charge in [-0.1, -0.05) is 24.6 Å². The predicted octanol–water partition coefficient (Wildman–Crippen LogP) is 4.02. The number of halogens is 3. The molecule has 0 bridgehead atoms. The first kappa shape index (κ1) is 23.2. The zero-order chi connectivity index (χ0) is 17.2. The van der Waals surface area contributed by atoms with Crippen LogP contribution in [0.25, 0.3) is 0 Å². The van der Waals surface area contributed by atoms with Crippen LogP contribution in [0, 0.1) is 6.92 Å². The van der Waals surface area contributed by atoms with Gasteiger partial charge in [0.05, 0.1) is 6.54 Å². The van der Waals surface area contributed by atoms with Gasteiger partial charge in [0.15, 0.2) is 5.96 Å². The van der Waals surface area contributed by atoms with E-state index in [0.717, 1.165) is 18.7 Å². The minimum Gasteiger partial charge on any atom is -0.434 e. The molecule has 0 radical (unpaired) electrons. The van der Waals surface area contributed by atoms with Crippen molar-refractivity contribution in [3.05, 3.63) is 29.3 Å². The van der Waals surface area contributed by atoms with Gasteiger partial charge in [-0.25, -0.2) is 4.99 Å². The van der Waals surface area contributed by atoms with Gasteiger partial charge in [-0.05, 0) is 26.2 Å². The Bertz CT molecular complexity index is 518. The molecule has 0 aliphatic heterocycles. The first-order valence-electron chi connectivity index (χ1n) is 7.55. The van der Waals surface area contributed by atoms with Crippen LogP contribution in [0.4, 0.5) is 8.78 Å². The number of guanidine groups is 1. The Morgan fingerprint density at radius 1 is 1.33 bits per heavy atom. The van der Waals surface area contributed by atoms with Crippen LogP contribution in [0.1, 0.15) is 25.0 Å². The largest absolute Gasteiger partial charge is 0.434 e. The molecule has 1 atom stereocenters. The van der Waals surface area contributed by atoms with E-state index in [-0.39, 0.29) is 36.3 Å². The van der Waals surface area contributed by atoms with Crippen LogP contribution in [0.3, 0.4) is 0 Å². The fourth-order valence-corrected chi connectivity index (χ4v) is 2.12. The van der Waals surface area contributed by atoms with Crippen molar-refractivity contribution in [1.82, 2.24) is 10.6 Å². The number of nitrogens with one attached hydrogen (secondary N) is 2. The number of nitrogens with zero attached hydrogens (tertiary/aromatic N) is 1. The summed E-state index contributed by atoms with van der Waals surface area (Å²) in [6.45, 7) is 4.95. The van der Waals surface area contributed by atoms with Crippen LogP contribution in [0.15, 0.2) is 23.2 Å². The molecule has 0 spiro atoms. The van der Waals surface area contributed by atoms with Crippen LogP contribution in [0.5, 0.6) is 5.75 Å². The molecule has 0 fully saturated rings. The zero-order valence-corrected chi connectivity index (χ0v) is 17.6. The summed E-state index contributed by atoms with van der Waals surface area (Å²) < 4.78 is 29.5. The predicted molar refractivity (Wildman–Crippen MR) is 109 cm³/mol. The van der Waals surface area contributed by atoms with Crippen LogP contribution in [-0.4, -0.2) is 37.2 Å². The highest BCUT2D eigenvalue weighted by molar-refractivity contribution is 14.0. The number of benzene rings is 1. The van der Waals surface area contributed by atoms with Crippen molar-refractivity contribution >= 4 is 41.7 Å². The summed E-state index contributed by atoms with van der Waals surface area (Å²) in [6, 6.07) is 5.12. The first-order valence-corrected chi connectivity index (χ1v) is 8.84. The van der Waals surface area contributed by atoms with Gasteiger partial charge >= 0.3 is 6.61 Å². The van der Waals surface area contributed by atoms with Gasteiger partial charge in [-0.3, -0.25) is 0 Å². The number of alkyl halides is 2. The first-order chi connectivity index (χ1) is 11.0. The van der Waals surface area contributed by atoms with E-state index in [1.807, 2.05) is 19.9 Å². The molecule has 0 saturated heterocycles. The molecule has 8 heteroatoms. The third kappa shape index (κ3) is 8.91. The molecule has 0 aliphatic rings.